The lowest BCUT2D eigenvalue weighted by Gasteiger charge is -2.15. The Kier molecular flexibility index (Phi) is 4.11. The van der Waals surface area contributed by atoms with Crippen LogP contribution in [0, 0.1) is 5.92 Å². The number of aliphatic carboxylic acids is 1. The summed E-state index contributed by atoms with van der Waals surface area (Å²) >= 11 is 0. The first-order chi connectivity index (χ1) is 8.27. The van der Waals surface area contributed by atoms with E-state index in [0.29, 0.717) is 6.07 Å². The SMILES string of the molecule is CCC(C(=O)[O-])C(=O)c1cccc(C(F)(F)F)c1. The van der Waals surface area contributed by atoms with Crippen LogP contribution in [0.4, 0.5) is 13.2 Å². The molecule has 1 atom stereocenters. The maximum atomic E-state index is 12.4. The van der Waals surface area contributed by atoms with E-state index in [9.17, 15) is 27.9 Å². The number of alkyl halides is 3. The molecule has 0 saturated heterocycles. The minimum atomic E-state index is -4.57. The van der Waals surface area contributed by atoms with Crippen LogP contribution in [0.15, 0.2) is 24.3 Å². The molecule has 0 N–H and O–H groups in total. The molecule has 0 aromatic heterocycles. The average molecular weight is 259 g/mol. The lowest BCUT2D eigenvalue weighted by molar-refractivity contribution is -0.309. The normalized spacial score (nSPS) is 13.1. The lowest BCUT2D eigenvalue weighted by atomic mass is 9.94. The molecule has 1 rings (SSSR count). The fraction of sp³-hybridized carbons (Fsp3) is 0.333. The van der Waals surface area contributed by atoms with Crippen molar-refractivity contribution < 1.29 is 27.9 Å². The van der Waals surface area contributed by atoms with Crippen LogP contribution in [0.25, 0.3) is 0 Å². The van der Waals surface area contributed by atoms with E-state index >= 15 is 0 Å². The summed E-state index contributed by atoms with van der Waals surface area (Å²) in [5.74, 6) is -3.88. The van der Waals surface area contributed by atoms with Crippen LogP contribution in [0.2, 0.25) is 0 Å². The van der Waals surface area contributed by atoms with E-state index in [1.807, 2.05) is 0 Å². The van der Waals surface area contributed by atoms with Crippen molar-refractivity contribution in [3.05, 3.63) is 35.4 Å². The maximum Gasteiger partial charge on any atom is 0.416 e. The minimum absolute atomic E-state index is 0.0303. The van der Waals surface area contributed by atoms with Gasteiger partial charge in [-0.2, -0.15) is 13.2 Å². The highest BCUT2D eigenvalue weighted by Crippen LogP contribution is 2.30. The van der Waals surface area contributed by atoms with Crippen molar-refractivity contribution in [1.29, 1.82) is 0 Å². The number of hydrogen-bond acceptors (Lipinski definition) is 3. The molecule has 0 fully saturated rings. The number of hydrogen-bond donors (Lipinski definition) is 0. The molecule has 0 amide bonds. The molecule has 0 aliphatic heterocycles. The number of rotatable bonds is 4. The number of ketones is 1. The molecule has 0 aliphatic carbocycles. The van der Waals surface area contributed by atoms with Crippen molar-refractivity contribution in [2.24, 2.45) is 5.92 Å². The van der Waals surface area contributed by atoms with Gasteiger partial charge >= 0.3 is 6.18 Å². The standard InChI is InChI=1S/C12H11F3O3/c1-2-9(11(17)18)10(16)7-4-3-5-8(6-7)12(13,14)15/h3-6,9H,2H2,1H3,(H,17,18)/p-1. The van der Waals surface area contributed by atoms with Crippen LogP contribution in [0.5, 0.6) is 0 Å². The molecule has 0 spiro atoms. The van der Waals surface area contributed by atoms with Gasteiger partial charge in [0, 0.05) is 5.56 Å². The summed E-state index contributed by atoms with van der Waals surface area (Å²) in [4.78, 5) is 22.4. The molecule has 1 unspecified atom stereocenters. The van der Waals surface area contributed by atoms with Gasteiger partial charge in [-0.25, -0.2) is 0 Å². The highest BCUT2D eigenvalue weighted by Gasteiger charge is 2.31. The molecule has 0 radical (unpaired) electrons. The number of carboxylic acid groups (broad SMARTS) is 1. The zero-order valence-corrected chi connectivity index (χ0v) is 9.45. The van der Waals surface area contributed by atoms with E-state index in [0.717, 1.165) is 18.2 Å². The quantitative estimate of drug-likeness (QED) is 0.610. The first-order valence-corrected chi connectivity index (χ1v) is 5.19. The van der Waals surface area contributed by atoms with Crippen molar-refractivity contribution in [1.82, 2.24) is 0 Å². The van der Waals surface area contributed by atoms with Crippen LogP contribution >= 0.6 is 0 Å². The number of Topliss-reactive ketones (excluding diaryl/α,β-unsaturated/α-hetero) is 1. The second-order valence-electron chi connectivity index (χ2n) is 3.72. The fourth-order valence-electron chi connectivity index (χ4n) is 1.51. The van der Waals surface area contributed by atoms with Crippen molar-refractivity contribution in [2.45, 2.75) is 19.5 Å². The zero-order valence-electron chi connectivity index (χ0n) is 9.45. The summed E-state index contributed by atoms with van der Waals surface area (Å²) in [6, 6.07) is 3.69. The van der Waals surface area contributed by atoms with Gasteiger partial charge < -0.3 is 9.90 Å². The van der Waals surface area contributed by atoms with Gasteiger partial charge in [0.1, 0.15) is 0 Å². The third kappa shape index (κ3) is 3.09. The van der Waals surface area contributed by atoms with E-state index in [2.05, 4.69) is 0 Å². The van der Waals surface area contributed by atoms with Gasteiger partial charge in [-0.15, -0.1) is 0 Å². The second kappa shape index (κ2) is 5.20. The molecule has 0 aliphatic rings. The van der Waals surface area contributed by atoms with Crippen LogP contribution in [-0.2, 0) is 11.0 Å². The lowest BCUT2D eigenvalue weighted by Crippen LogP contribution is -2.36. The first kappa shape index (κ1) is 14.2. The van der Waals surface area contributed by atoms with E-state index < -0.39 is 29.4 Å². The Morgan fingerprint density at radius 1 is 1.33 bits per heavy atom. The predicted molar refractivity (Wildman–Crippen MR) is 54.6 cm³/mol. The molecule has 18 heavy (non-hydrogen) atoms. The Morgan fingerprint density at radius 2 is 1.94 bits per heavy atom. The summed E-state index contributed by atoms with van der Waals surface area (Å²) in [6.45, 7) is 1.45. The number of carbonyl (C=O) groups is 2. The van der Waals surface area contributed by atoms with Gasteiger partial charge in [0.25, 0.3) is 0 Å². The Morgan fingerprint density at radius 3 is 2.39 bits per heavy atom. The summed E-state index contributed by atoms with van der Waals surface area (Å²) in [7, 11) is 0. The van der Waals surface area contributed by atoms with Crippen LogP contribution in [0.1, 0.15) is 29.3 Å². The number of halogens is 3. The van der Waals surface area contributed by atoms with Crippen LogP contribution in [0.3, 0.4) is 0 Å². The van der Waals surface area contributed by atoms with E-state index in [1.165, 1.54) is 6.92 Å². The Balaban J connectivity index is 3.11. The highest BCUT2D eigenvalue weighted by atomic mass is 19.4. The molecule has 1 aromatic carbocycles. The van der Waals surface area contributed by atoms with Gasteiger partial charge in [-0.3, -0.25) is 4.79 Å². The summed E-state index contributed by atoms with van der Waals surface area (Å²) in [5.41, 5.74) is -1.26. The van der Waals surface area contributed by atoms with Gasteiger partial charge in [0.2, 0.25) is 0 Å². The van der Waals surface area contributed by atoms with E-state index in [4.69, 9.17) is 0 Å². The van der Waals surface area contributed by atoms with Gasteiger partial charge in [-0.05, 0) is 18.6 Å². The molecule has 98 valence electrons. The number of carbonyl (C=O) groups excluding carboxylic acids is 2. The molecule has 3 nitrogen and oxygen atoms in total. The minimum Gasteiger partial charge on any atom is -0.549 e. The summed E-state index contributed by atoms with van der Waals surface area (Å²) in [5, 5.41) is 10.7. The zero-order chi connectivity index (χ0) is 13.9. The van der Waals surface area contributed by atoms with Crippen LogP contribution < -0.4 is 5.11 Å². The second-order valence-corrected chi connectivity index (χ2v) is 3.72. The third-order valence-corrected chi connectivity index (χ3v) is 2.48. The number of carboxylic acids is 1. The first-order valence-electron chi connectivity index (χ1n) is 5.19. The highest BCUT2D eigenvalue weighted by molar-refractivity contribution is 6.07. The molecule has 6 heteroatoms. The predicted octanol–water partition coefficient (Wildman–Crippen LogP) is 1.66. The van der Waals surface area contributed by atoms with Gasteiger partial charge in [0.15, 0.2) is 5.78 Å². The molecular formula is C12H10F3O3-. The van der Waals surface area contributed by atoms with Crippen LogP contribution in [-0.4, -0.2) is 11.8 Å². The van der Waals surface area contributed by atoms with Gasteiger partial charge in [-0.1, -0.05) is 19.1 Å². The molecule has 0 saturated carbocycles. The van der Waals surface area contributed by atoms with E-state index in [1.54, 1.807) is 0 Å². The molecule has 0 bridgehead atoms. The monoisotopic (exact) mass is 259 g/mol. The number of benzene rings is 1. The van der Waals surface area contributed by atoms with Gasteiger partial charge in [0.05, 0.1) is 17.5 Å². The summed E-state index contributed by atoms with van der Waals surface area (Å²) < 4.78 is 37.3. The van der Waals surface area contributed by atoms with E-state index in [-0.39, 0.29) is 12.0 Å². The Hall–Kier alpha value is -1.85. The average Bonchev–Trinajstić information content (AvgIpc) is 2.28. The van der Waals surface area contributed by atoms with Crippen molar-refractivity contribution in [2.75, 3.05) is 0 Å². The van der Waals surface area contributed by atoms with Crippen molar-refractivity contribution >= 4 is 11.8 Å². The molecular weight excluding hydrogens is 249 g/mol. The van der Waals surface area contributed by atoms with Crippen molar-refractivity contribution in [3.8, 4) is 0 Å². The molecule has 1 aromatic rings. The largest absolute Gasteiger partial charge is 0.549 e. The maximum absolute atomic E-state index is 12.4. The third-order valence-electron chi connectivity index (χ3n) is 2.48. The van der Waals surface area contributed by atoms with Crippen molar-refractivity contribution in [3.63, 3.8) is 0 Å². The molecule has 0 heterocycles. The smallest absolute Gasteiger partial charge is 0.416 e. The Labute approximate surface area is 101 Å². The topological polar surface area (TPSA) is 57.2 Å². The summed E-state index contributed by atoms with van der Waals surface area (Å²) in [6.07, 6.45) is -4.60. The Bertz CT molecular complexity index is 466. The fourth-order valence-corrected chi connectivity index (χ4v) is 1.51.